The predicted molar refractivity (Wildman–Crippen MR) is 86.3 cm³/mol. The minimum atomic E-state index is -0.560. The largest absolute Gasteiger partial charge is 0.392 e. The Bertz CT molecular complexity index is 822. The number of hydrogen-bond donors (Lipinski definition) is 1. The Kier molecular flexibility index (Phi) is 3.83. The maximum absolute atomic E-state index is 13.9. The molecule has 25 heavy (non-hydrogen) atoms. The molecule has 1 N–H and O–H groups in total. The van der Waals surface area contributed by atoms with Gasteiger partial charge in [-0.1, -0.05) is 17.6 Å². The van der Waals surface area contributed by atoms with Gasteiger partial charge in [0.1, 0.15) is 5.82 Å². The van der Waals surface area contributed by atoms with Crippen LogP contribution in [0.15, 0.2) is 22.7 Å². The summed E-state index contributed by atoms with van der Waals surface area (Å²) in [6.45, 7) is 2.54. The smallest absolute Gasteiger partial charge is 0.253 e. The van der Waals surface area contributed by atoms with Gasteiger partial charge in [-0.25, -0.2) is 4.39 Å². The van der Waals surface area contributed by atoms with E-state index in [9.17, 15) is 9.18 Å². The summed E-state index contributed by atoms with van der Waals surface area (Å²) in [5.74, 6) is 0.743. The molecular formula is C18H20FN3O3. The van der Waals surface area contributed by atoms with E-state index in [-0.39, 0.29) is 29.4 Å². The van der Waals surface area contributed by atoms with Gasteiger partial charge in [-0.05, 0) is 37.8 Å². The second-order valence-electron chi connectivity index (χ2n) is 7.04. The zero-order valence-corrected chi connectivity index (χ0v) is 14.0. The molecule has 4 rings (SSSR count). The van der Waals surface area contributed by atoms with E-state index in [0.29, 0.717) is 30.4 Å². The SMILES string of the molecule is Cc1noc([C@]23CCC[C@H]2CN(C(=O)c2ccc(CO)c(F)c2)C3)n1. The highest BCUT2D eigenvalue weighted by Crippen LogP contribution is 2.50. The van der Waals surface area contributed by atoms with Crippen molar-refractivity contribution in [3.05, 3.63) is 46.9 Å². The van der Waals surface area contributed by atoms with Crippen LogP contribution in [0, 0.1) is 18.7 Å². The highest BCUT2D eigenvalue weighted by Gasteiger charge is 2.55. The van der Waals surface area contributed by atoms with Gasteiger partial charge in [-0.3, -0.25) is 4.79 Å². The topological polar surface area (TPSA) is 79.5 Å². The van der Waals surface area contributed by atoms with Gasteiger partial charge in [-0.2, -0.15) is 4.98 Å². The average Bonchev–Trinajstić information content (AvgIpc) is 3.27. The molecule has 0 spiro atoms. The van der Waals surface area contributed by atoms with Gasteiger partial charge in [0.2, 0.25) is 5.89 Å². The summed E-state index contributed by atoms with van der Waals surface area (Å²) in [4.78, 5) is 19.0. The van der Waals surface area contributed by atoms with E-state index in [0.717, 1.165) is 19.3 Å². The number of aryl methyl sites for hydroxylation is 1. The van der Waals surface area contributed by atoms with E-state index in [1.807, 2.05) is 0 Å². The number of rotatable bonds is 3. The summed E-state index contributed by atoms with van der Waals surface area (Å²) in [5.41, 5.74) is 0.208. The van der Waals surface area contributed by atoms with Crippen molar-refractivity contribution in [2.75, 3.05) is 13.1 Å². The van der Waals surface area contributed by atoms with Gasteiger partial charge >= 0.3 is 0 Å². The van der Waals surface area contributed by atoms with Crippen LogP contribution in [0.2, 0.25) is 0 Å². The normalized spacial score (nSPS) is 25.4. The van der Waals surface area contributed by atoms with Crippen molar-refractivity contribution in [1.29, 1.82) is 0 Å². The van der Waals surface area contributed by atoms with E-state index in [4.69, 9.17) is 9.63 Å². The Balaban J connectivity index is 1.61. The van der Waals surface area contributed by atoms with E-state index < -0.39 is 5.82 Å². The number of carbonyl (C=O) groups excluding carboxylic acids is 1. The maximum atomic E-state index is 13.9. The molecule has 1 amide bonds. The number of likely N-dealkylation sites (tertiary alicyclic amines) is 1. The van der Waals surface area contributed by atoms with Crippen molar-refractivity contribution in [2.45, 2.75) is 38.2 Å². The summed E-state index contributed by atoms with van der Waals surface area (Å²) in [5, 5.41) is 13.0. The molecule has 132 valence electrons. The van der Waals surface area contributed by atoms with Crippen LogP contribution in [0.4, 0.5) is 4.39 Å². The van der Waals surface area contributed by atoms with Gasteiger partial charge < -0.3 is 14.5 Å². The van der Waals surface area contributed by atoms with Crippen LogP contribution in [0.5, 0.6) is 0 Å². The van der Waals surface area contributed by atoms with Crippen molar-refractivity contribution in [3.63, 3.8) is 0 Å². The summed E-state index contributed by atoms with van der Waals surface area (Å²) in [6, 6.07) is 4.22. The lowest BCUT2D eigenvalue weighted by Gasteiger charge is -2.24. The summed E-state index contributed by atoms with van der Waals surface area (Å²) >= 11 is 0. The fraction of sp³-hybridized carbons (Fsp3) is 0.500. The van der Waals surface area contributed by atoms with Crippen LogP contribution in [-0.2, 0) is 12.0 Å². The number of halogens is 1. The zero-order valence-electron chi connectivity index (χ0n) is 14.0. The van der Waals surface area contributed by atoms with Crippen LogP contribution in [0.25, 0.3) is 0 Å². The Hall–Kier alpha value is -2.28. The molecule has 1 saturated heterocycles. The van der Waals surface area contributed by atoms with Crippen LogP contribution in [0.1, 0.15) is 46.9 Å². The second-order valence-corrected chi connectivity index (χ2v) is 7.04. The lowest BCUT2D eigenvalue weighted by Crippen LogP contribution is -2.35. The molecule has 2 fully saturated rings. The third-order valence-corrected chi connectivity index (χ3v) is 5.58. The molecule has 7 heteroatoms. The van der Waals surface area contributed by atoms with Gasteiger partial charge in [0.05, 0.1) is 12.0 Å². The third kappa shape index (κ3) is 2.54. The van der Waals surface area contributed by atoms with Crippen molar-refractivity contribution in [3.8, 4) is 0 Å². The van der Waals surface area contributed by atoms with E-state index in [2.05, 4.69) is 10.1 Å². The first-order valence-corrected chi connectivity index (χ1v) is 8.53. The highest BCUT2D eigenvalue weighted by atomic mass is 19.1. The summed E-state index contributed by atoms with van der Waals surface area (Å²) in [7, 11) is 0. The molecule has 0 bridgehead atoms. The van der Waals surface area contributed by atoms with Crippen LogP contribution < -0.4 is 0 Å². The zero-order chi connectivity index (χ0) is 17.6. The van der Waals surface area contributed by atoms with Crippen LogP contribution in [0.3, 0.4) is 0 Å². The first-order valence-electron chi connectivity index (χ1n) is 8.53. The maximum Gasteiger partial charge on any atom is 0.253 e. The lowest BCUT2D eigenvalue weighted by atomic mass is 9.80. The molecule has 1 saturated carbocycles. The fourth-order valence-corrected chi connectivity index (χ4v) is 4.28. The molecule has 2 heterocycles. The number of hydrogen-bond acceptors (Lipinski definition) is 5. The van der Waals surface area contributed by atoms with Gasteiger partial charge in [0.25, 0.3) is 5.91 Å². The Labute approximate surface area is 144 Å². The molecule has 0 unspecified atom stereocenters. The van der Waals surface area contributed by atoms with Crippen molar-refractivity contribution < 1.29 is 18.8 Å². The summed E-state index contributed by atoms with van der Waals surface area (Å²) < 4.78 is 19.4. The highest BCUT2D eigenvalue weighted by molar-refractivity contribution is 5.94. The molecule has 1 aliphatic carbocycles. The van der Waals surface area contributed by atoms with Crippen molar-refractivity contribution in [1.82, 2.24) is 15.0 Å². The lowest BCUT2D eigenvalue weighted by molar-refractivity contribution is 0.0774. The summed E-state index contributed by atoms with van der Waals surface area (Å²) in [6.07, 6.45) is 3.01. The van der Waals surface area contributed by atoms with E-state index in [1.165, 1.54) is 12.1 Å². The van der Waals surface area contributed by atoms with Crippen molar-refractivity contribution >= 4 is 5.91 Å². The van der Waals surface area contributed by atoms with E-state index in [1.54, 1.807) is 17.9 Å². The molecular weight excluding hydrogens is 325 g/mol. The minimum Gasteiger partial charge on any atom is -0.392 e. The molecule has 1 aliphatic heterocycles. The van der Waals surface area contributed by atoms with E-state index >= 15 is 0 Å². The number of fused-ring (bicyclic) bond motifs is 1. The molecule has 1 aromatic carbocycles. The number of amides is 1. The number of aliphatic hydroxyl groups is 1. The number of benzene rings is 1. The number of aliphatic hydroxyl groups excluding tert-OH is 1. The molecule has 6 nitrogen and oxygen atoms in total. The Morgan fingerprint density at radius 2 is 2.36 bits per heavy atom. The van der Waals surface area contributed by atoms with Crippen molar-refractivity contribution in [2.24, 2.45) is 5.92 Å². The standard InChI is InChI=1S/C18H20FN3O3/c1-11-20-17(25-21-11)18-6-2-3-14(18)8-22(10-18)16(24)12-4-5-13(9-23)15(19)7-12/h4-5,7,14,23H,2-3,6,8-10H2,1H3/t14-,18-/m0/s1. The molecule has 2 aromatic rings. The molecule has 1 aromatic heterocycles. The Morgan fingerprint density at radius 3 is 3.04 bits per heavy atom. The molecule has 2 aliphatic rings. The quantitative estimate of drug-likeness (QED) is 0.922. The first kappa shape index (κ1) is 16.2. The third-order valence-electron chi connectivity index (χ3n) is 5.58. The number of carbonyl (C=O) groups is 1. The Morgan fingerprint density at radius 1 is 1.52 bits per heavy atom. The van der Waals surface area contributed by atoms with Crippen LogP contribution >= 0.6 is 0 Å². The molecule has 0 radical (unpaired) electrons. The second kappa shape index (κ2) is 5.91. The van der Waals surface area contributed by atoms with Gasteiger partial charge in [0, 0.05) is 24.2 Å². The number of nitrogens with zero attached hydrogens (tertiary/aromatic N) is 3. The molecule has 2 atom stereocenters. The monoisotopic (exact) mass is 345 g/mol. The average molecular weight is 345 g/mol. The fourth-order valence-electron chi connectivity index (χ4n) is 4.28. The first-order chi connectivity index (χ1) is 12.0. The number of aromatic nitrogens is 2. The van der Waals surface area contributed by atoms with Gasteiger partial charge in [0.15, 0.2) is 5.82 Å². The van der Waals surface area contributed by atoms with Gasteiger partial charge in [-0.15, -0.1) is 0 Å². The predicted octanol–water partition coefficient (Wildman–Crippen LogP) is 2.20. The van der Waals surface area contributed by atoms with Crippen LogP contribution in [-0.4, -0.2) is 39.1 Å². The minimum absolute atomic E-state index is 0.188.